The molecule has 3 N–H and O–H groups in total. The van der Waals surface area contributed by atoms with Crippen molar-refractivity contribution in [3.8, 4) is 0 Å². The van der Waals surface area contributed by atoms with Gasteiger partial charge in [-0.1, -0.05) is 40.2 Å². The second-order valence-electron chi connectivity index (χ2n) is 5.21. The molecule has 0 saturated carbocycles. The molecule has 23 heavy (non-hydrogen) atoms. The van der Waals surface area contributed by atoms with Crippen molar-refractivity contribution in [3.63, 3.8) is 0 Å². The summed E-state index contributed by atoms with van der Waals surface area (Å²) >= 11 is 3.35. The smallest absolute Gasteiger partial charge is 0.238 e. The van der Waals surface area contributed by atoms with Crippen molar-refractivity contribution >= 4 is 31.9 Å². The first-order valence-corrected chi connectivity index (χ1v) is 9.26. The summed E-state index contributed by atoms with van der Waals surface area (Å²) in [6, 6.07) is 13.5. The van der Waals surface area contributed by atoms with Crippen LogP contribution in [0.15, 0.2) is 57.9 Å². The van der Waals surface area contributed by atoms with Gasteiger partial charge in [-0.2, -0.15) is 0 Å². The molecule has 1 atom stereocenters. The third-order valence-corrected chi connectivity index (χ3v) is 4.82. The Balaban J connectivity index is 1.99. The van der Waals surface area contributed by atoms with Crippen LogP contribution in [0.3, 0.4) is 0 Å². The second-order valence-corrected chi connectivity index (χ2v) is 7.68. The van der Waals surface area contributed by atoms with Crippen molar-refractivity contribution in [2.45, 2.75) is 24.3 Å². The Bertz CT molecular complexity index is 787. The Labute approximate surface area is 144 Å². The van der Waals surface area contributed by atoms with Crippen LogP contribution in [0.2, 0.25) is 0 Å². The molecule has 1 unspecified atom stereocenters. The molecular formula is C16H17BrN2O3S. The van der Waals surface area contributed by atoms with Crippen LogP contribution >= 0.6 is 15.9 Å². The van der Waals surface area contributed by atoms with Crippen molar-refractivity contribution < 1.29 is 13.2 Å². The number of nitrogens with one attached hydrogen (secondary N) is 1. The molecule has 2 aromatic rings. The number of carbonyl (C=O) groups is 1. The van der Waals surface area contributed by atoms with Gasteiger partial charge in [0.25, 0.3) is 0 Å². The predicted molar refractivity (Wildman–Crippen MR) is 92.2 cm³/mol. The molecule has 5 nitrogen and oxygen atoms in total. The normalized spacial score (nSPS) is 12.7. The van der Waals surface area contributed by atoms with E-state index in [0.29, 0.717) is 0 Å². The number of hydrogen-bond donors (Lipinski definition) is 2. The molecule has 0 spiro atoms. The van der Waals surface area contributed by atoms with E-state index < -0.39 is 10.0 Å². The van der Waals surface area contributed by atoms with E-state index in [1.54, 1.807) is 12.1 Å². The fourth-order valence-electron chi connectivity index (χ4n) is 2.11. The molecule has 2 aromatic carbocycles. The zero-order valence-corrected chi connectivity index (χ0v) is 14.9. The van der Waals surface area contributed by atoms with Crippen LogP contribution in [0.25, 0.3) is 0 Å². The van der Waals surface area contributed by atoms with Crippen molar-refractivity contribution in [1.82, 2.24) is 5.32 Å². The minimum atomic E-state index is -3.70. The van der Waals surface area contributed by atoms with Crippen LogP contribution in [0, 0.1) is 0 Å². The van der Waals surface area contributed by atoms with Crippen LogP contribution in [0.4, 0.5) is 0 Å². The number of hydrogen-bond acceptors (Lipinski definition) is 3. The lowest BCUT2D eigenvalue weighted by molar-refractivity contribution is -0.121. The topological polar surface area (TPSA) is 89.3 Å². The first-order valence-electron chi connectivity index (χ1n) is 6.92. The molecule has 7 heteroatoms. The summed E-state index contributed by atoms with van der Waals surface area (Å²) in [4.78, 5) is 12.1. The molecule has 0 aliphatic carbocycles. The van der Waals surface area contributed by atoms with E-state index in [1.165, 1.54) is 12.1 Å². The molecule has 122 valence electrons. The summed E-state index contributed by atoms with van der Waals surface area (Å²) in [6.45, 7) is 1.84. The summed E-state index contributed by atoms with van der Waals surface area (Å²) in [6.07, 6.45) is 0.285. The number of sulfonamides is 1. The van der Waals surface area contributed by atoms with Crippen LogP contribution in [-0.4, -0.2) is 14.3 Å². The van der Waals surface area contributed by atoms with Gasteiger partial charge in [0, 0.05) is 4.47 Å². The number of nitrogens with two attached hydrogens (primary N) is 1. The average molecular weight is 397 g/mol. The Kier molecular flexibility index (Phi) is 5.56. The van der Waals surface area contributed by atoms with E-state index in [0.717, 1.165) is 15.6 Å². The number of amides is 1. The van der Waals surface area contributed by atoms with Gasteiger partial charge in [-0.3, -0.25) is 4.79 Å². The quantitative estimate of drug-likeness (QED) is 0.813. The maximum Gasteiger partial charge on any atom is 0.238 e. The molecule has 0 heterocycles. The molecule has 1 amide bonds. The Morgan fingerprint density at radius 2 is 1.70 bits per heavy atom. The highest BCUT2D eigenvalue weighted by Gasteiger charge is 2.12. The Morgan fingerprint density at radius 3 is 2.22 bits per heavy atom. The SMILES string of the molecule is CC(NC(=O)Cc1ccc(Br)cc1)c1ccc(S(N)(=O)=O)cc1. The van der Waals surface area contributed by atoms with E-state index in [4.69, 9.17) is 5.14 Å². The molecule has 0 aliphatic heterocycles. The van der Waals surface area contributed by atoms with E-state index in [2.05, 4.69) is 21.2 Å². The van der Waals surface area contributed by atoms with Gasteiger partial charge in [0.1, 0.15) is 0 Å². The van der Waals surface area contributed by atoms with Gasteiger partial charge in [0.05, 0.1) is 17.4 Å². The highest BCUT2D eigenvalue weighted by molar-refractivity contribution is 9.10. The summed E-state index contributed by atoms with van der Waals surface area (Å²) in [5.74, 6) is -0.102. The molecule has 0 aliphatic rings. The van der Waals surface area contributed by atoms with Gasteiger partial charge < -0.3 is 5.32 Å². The lowest BCUT2D eigenvalue weighted by Gasteiger charge is -2.15. The van der Waals surface area contributed by atoms with Crippen molar-refractivity contribution in [2.75, 3.05) is 0 Å². The highest BCUT2D eigenvalue weighted by Crippen LogP contribution is 2.16. The summed E-state index contributed by atoms with van der Waals surface area (Å²) in [5, 5.41) is 7.95. The van der Waals surface area contributed by atoms with E-state index in [9.17, 15) is 13.2 Å². The first-order chi connectivity index (χ1) is 10.8. The molecule has 0 fully saturated rings. The average Bonchev–Trinajstić information content (AvgIpc) is 2.49. The first kappa shape index (κ1) is 17.7. The van der Waals surface area contributed by atoms with Crippen LogP contribution < -0.4 is 10.5 Å². The molecule has 0 aromatic heterocycles. The Hall–Kier alpha value is -1.70. The summed E-state index contributed by atoms with van der Waals surface area (Å²) in [5.41, 5.74) is 1.73. The monoisotopic (exact) mass is 396 g/mol. The third kappa shape index (κ3) is 5.16. The number of rotatable bonds is 5. The van der Waals surface area contributed by atoms with Crippen molar-refractivity contribution in [3.05, 3.63) is 64.1 Å². The van der Waals surface area contributed by atoms with E-state index in [-0.39, 0.29) is 23.3 Å². The number of benzene rings is 2. The van der Waals surface area contributed by atoms with Gasteiger partial charge in [0.15, 0.2) is 0 Å². The standard InChI is InChI=1S/C16H17BrN2O3S/c1-11(13-4-8-15(9-5-13)23(18,21)22)19-16(20)10-12-2-6-14(17)7-3-12/h2-9,11H,10H2,1H3,(H,19,20)(H2,18,21,22). The van der Waals surface area contributed by atoms with Crippen LogP contribution in [0.1, 0.15) is 24.1 Å². The lowest BCUT2D eigenvalue weighted by atomic mass is 10.1. The lowest BCUT2D eigenvalue weighted by Crippen LogP contribution is -2.28. The van der Waals surface area contributed by atoms with Crippen LogP contribution in [-0.2, 0) is 21.2 Å². The number of carbonyl (C=O) groups excluding carboxylic acids is 1. The summed E-state index contributed by atoms with van der Waals surface area (Å²) in [7, 11) is -3.70. The molecule has 0 saturated heterocycles. The van der Waals surface area contributed by atoms with Gasteiger partial charge in [-0.25, -0.2) is 13.6 Å². The second kappa shape index (κ2) is 7.25. The van der Waals surface area contributed by atoms with Crippen molar-refractivity contribution in [2.24, 2.45) is 5.14 Å². The third-order valence-electron chi connectivity index (χ3n) is 3.36. The molecule has 0 bridgehead atoms. The molecular weight excluding hydrogens is 380 g/mol. The van der Waals surface area contributed by atoms with Gasteiger partial charge in [0.2, 0.25) is 15.9 Å². The predicted octanol–water partition coefficient (Wildman–Crippen LogP) is 2.52. The highest BCUT2D eigenvalue weighted by atomic mass is 79.9. The van der Waals surface area contributed by atoms with E-state index >= 15 is 0 Å². The largest absolute Gasteiger partial charge is 0.349 e. The van der Waals surface area contributed by atoms with Gasteiger partial charge in [-0.15, -0.1) is 0 Å². The molecule has 2 rings (SSSR count). The molecule has 0 radical (unpaired) electrons. The minimum Gasteiger partial charge on any atom is -0.349 e. The van der Waals surface area contributed by atoms with Gasteiger partial charge in [-0.05, 0) is 42.3 Å². The van der Waals surface area contributed by atoms with E-state index in [1.807, 2.05) is 31.2 Å². The van der Waals surface area contributed by atoms with Crippen LogP contribution in [0.5, 0.6) is 0 Å². The minimum absolute atomic E-state index is 0.0506. The maximum atomic E-state index is 12.1. The summed E-state index contributed by atoms with van der Waals surface area (Å²) < 4.78 is 23.4. The maximum absolute atomic E-state index is 12.1. The fourth-order valence-corrected chi connectivity index (χ4v) is 2.89. The Morgan fingerprint density at radius 1 is 1.13 bits per heavy atom. The van der Waals surface area contributed by atoms with Gasteiger partial charge >= 0.3 is 0 Å². The number of primary sulfonamides is 1. The number of halogens is 1. The fraction of sp³-hybridized carbons (Fsp3) is 0.188. The zero-order valence-electron chi connectivity index (χ0n) is 12.5. The zero-order chi connectivity index (χ0) is 17.0. The van der Waals surface area contributed by atoms with Crippen molar-refractivity contribution in [1.29, 1.82) is 0 Å².